The molecule has 2 aromatic carbocycles. The predicted molar refractivity (Wildman–Crippen MR) is 114 cm³/mol. The maximum Gasteiger partial charge on any atom is 0.252 e. The summed E-state index contributed by atoms with van der Waals surface area (Å²) in [6.45, 7) is 2.09. The monoisotopic (exact) mass is 404 g/mol. The number of nitrogens with zero attached hydrogens (tertiary/aromatic N) is 2. The molecule has 0 radical (unpaired) electrons. The zero-order valence-electron chi connectivity index (χ0n) is 17.0. The minimum absolute atomic E-state index is 0.0423. The number of pyridine rings is 1. The average Bonchev–Trinajstić information content (AvgIpc) is 3.24. The van der Waals surface area contributed by atoms with Crippen molar-refractivity contribution in [2.75, 3.05) is 26.9 Å². The van der Waals surface area contributed by atoms with Crippen LogP contribution >= 0.6 is 0 Å². The van der Waals surface area contributed by atoms with Gasteiger partial charge >= 0.3 is 0 Å². The molecular formula is C24H24N2O4. The third-order valence-corrected chi connectivity index (χ3v) is 5.76. The lowest BCUT2D eigenvalue weighted by molar-refractivity contribution is -0.141. The summed E-state index contributed by atoms with van der Waals surface area (Å²) in [6.07, 6.45) is 3.26. The van der Waals surface area contributed by atoms with Gasteiger partial charge in [0.1, 0.15) is 12.7 Å². The number of rotatable bonds is 3. The molecule has 2 aliphatic rings. The summed E-state index contributed by atoms with van der Waals surface area (Å²) in [5, 5.41) is 1.08. The Morgan fingerprint density at radius 3 is 2.90 bits per heavy atom. The highest BCUT2D eigenvalue weighted by Crippen LogP contribution is 2.39. The van der Waals surface area contributed by atoms with Gasteiger partial charge in [-0.3, -0.25) is 9.78 Å². The van der Waals surface area contributed by atoms with E-state index in [9.17, 15) is 4.79 Å². The van der Waals surface area contributed by atoms with Crippen LogP contribution in [0.4, 0.5) is 0 Å². The summed E-state index contributed by atoms with van der Waals surface area (Å²) in [6, 6.07) is 14.2. The molecule has 3 heterocycles. The Morgan fingerprint density at radius 2 is 2.07 bits per heavy atom. The highest BCUT2D eigenvalue weighted by molar-refractivity contribution is 5.84. The fraction of sp³-hybridized carbons (Fsp3) is 0.333. The third kappa shape index (κ3) is 3.48. The molecule has 3 aromatic rings. The summed E-state index contributed by atoms with van der Waals surface area (Å²) in [5.74, 6) is 1.42. The van der Waals surface area contributed by atoms with Crippen molar-refractivity contribution in [3.05, 3.63) is 54.2 Å². The van der Waals surface area contributed by atoms with Crippen molar-refractivity contribution in [2.24, 2.45) is 0 Å². The average molecular weight is 404 g/mol. The van der Waals surface area contributed by atoms with Crippen LogP contribution in [-0.2, 0) is 16.1 Å². The first kappa shape index (κ1) is 18.9. The van der Waals surface area contributed by atoms with Crippen LogP contribution in [0.15, 0.2) is 48.7 Å². The van der Waals surface area contributed by atoms with Crippen molar-refractivity contribution >= 4 is 16.8 Å². The first-order valence-corrected chi connectivity index (χ1v) is 10.3. The Morgan fingerprint density at radius 1 is 1.17 bits per heavy atom. The summed E-state index contributed by atoms with van der Waals surface area (Å²) < 4.78 is 17.2. The first-order chi connectivity index (χ1) is 14.7. The maximum absolute atomic E-state index is 12.9. The molecule has 1 saturated heterocycles. The number of methoxy groups -OCH3 is 1. The quantitative estimate of drug-likeness (QED) is 0.664. The predicted octanol–water partition coefficient (Wildman–Crippen LogP) is 3.81. The Balaban J connectivity index is 1.52. The number of aromatic nitrogens is 1. The van der Waals surface area contributed by atoms with Gasteiger partial charge in [0.15, 0.2) is 11.5 Å². The van der Waals surface area contributed by atoms with E-state index >= 15 is 0 Å². The van der Waals surface area contributed by atoms with Crippen molar-refractivity contribution in [1.29, 1.82) is 0 Å². The van der Waals surface area contributed by atoms with Crippen molar-refractivity contribution < 1.29 is 19.0 Å². The highest BCUT2D eigenvalue weighted by Gasteiger charge is 2.30. The Labute approximate surface area is 175 Å². The number of para-hydroxylation sites is 1. The number of carbonyl (C=O) groups excluding carboxylic acids is 1. The van der Waals surface area contributed by atoms with Crippen LogP contribution < -0.4 is 9.47 Å². The van der Waals surface area contributed by atoms with Gasteiger partial charge in [0.05, 0.1) is 19.2 Å². The number of benzene rings is 2. The molecule has 0 spiro atoms. The Bertz CT molecular complexity index is 1090. The van der Waals surface area contributed by atoms with E-state index in [1.165, 1.54) is 0 Å². The zero-order chi connectivity index (χ0) is 20.5. The van der Waals surface area contributed by atoms with Crippen LogP contribution in [0.3, 0.4) is 0 Å². The van der Waals surface area contributed by atoms with Crippen LogP contribution in [0.5, 0.6) is 11.5 Å². The van der Waals surface area contributed by atoms with Crippen LogP contribution in [0.25, 0.3) is 22.0 Å². The van der Waals surface area contributed by atoms with E-state index in [1.54, 1.807) is 7.11 Å². The van der Waals surface area contributed by atoms with Gasteiger partial charge in [-0.2, -0.15) is 0 Å². The molecule has 1 amide bonds. The second-order valence-electron chi connectivity index (χ2n) is 7.69. The normalized spacial score (nSPS) is 18.6. The van der Waals surface area contributed by atoms with E-state index in [2.05, 4.69) is 23.2 Å². The van der Waals surface area contributed by atoms with Gasteiger partial charge in [-0.25, -0.2) is 0 Å². The van der Waals surface area contributed by atoms with Gasteiger partial charge in [0.2, 0.25) is 0 Å². The topological polar surface area (TPSA) is 60.9 Å². The first-order valence-electron chi connectivity index (χ1n) is 10.3. The van der Waals surface area contributed by atoms with Gasteiger partial charge < -0.3 is 19.1 Å². The fourth-order valence-electron chi connectivity index (χ4n) is 4.20. The molecule has 0 bridgehead atoms. The van der Waals surface area contributed by atoms with Gasteiger partial charge in [0, 0.05) is 35.9 Å². The molecular weight excluding hydrogens is 380 g/mol. The zero-order valence-corrected chi connectivity index (χ0v) is 17.0. The molecule has 154 valence electrons. The molecule has 6 nitrogen and oxygen atoms in total. The molecule has 1 atom stereocenters. The van der Waals surface area contributed by atoms with Gasteiger partial charge in [0.25, 0.3) is 5.91 Å². The summed E-state index contributed by atoms with van der Waals surface area (Å²) >= 11 is 0. The standard InChI is InChI=1S/C24H24N2O4/c1-28-22-13-17(18-11-16-5-2-3-6-20(16)25-14-18)12-19-15-26(8-10-30-23(19)22)24(27)21-7-4-9-29-21/h2-3,5-6,11-14,21H,4,7-10,15H2,1H3. The molecule has 0 aliphatic carbocycles. The number of ether oxygens (including phenoxy) is 3. The number of carbonyl (C=O) groups is 1. The largest absolute Gasteiger partial charge is 0.493 e. The SMILES string of the molecule is COc1cc(-c2cnc3ccccc3c2)cc2c1OCCN(C(=O)C1CCCO1)C2. The lowest BCUT2D eigenvalue weighted by Gasteiger charge is -2.23. The molecule has 2 aliphatic heterocycles. The minimum Gasteiger partial charge on any atom is -0.493 e. The molecule has 1 fully saturated rings. The van der Waals surface area contributed by atoms with Gasteiger partial charge in [-0.15, -0.1) is 0 Å². The van der Waals surface area contributed by atoms with E-state index in [0.29, 0.717) is 37.8 Å². The summed E-state index contributed by atoms with van der Waals surface area (Å²) in [5.41, 5.74) is 3.87. The number of fused-ring (bicyclic) bond motifs is 2. The summed E-state index contributed by atoms with van der Waals surface area (Å²) in [7, 11) is 1.64. The molecule has 0 N–H and O–H groups in total. The van der Waals surface area contributed by atoms with E-state index in [1.807, 2.05) is 35.4 Å². The van der Waals surface area contributed by atoms with E-state index in [0.717, 1.165) is 40.4 Å². The van der Waals surface area contributed by atoms with E-state index < -0.39 is 0 Å². The molecule has 1 aromatic heterocycles. The second-order valence-corrected chi connectivity index (χ2v) is 7.69. The van der Waals surface area contributed by atoms with Gasteiger partial charge in [-0.05, 0) is 42.7 Å². The fourth-order valence-corrected chi connectivity index (χ4v) is 4.20. The molecule has 5 rings (SSSR count). The smallest absolute Gasteiger partial charge is 0.252 e. The number of hydrogen-bond acceptors (Lipinski definition) is 5. The highest BCUT2D eigenvalue weighted by atomic mass is 16.5. The van der Waals surface area contributed by atoms with Crippen molar-refractivity contribution in [1.82, 2.24) is 9.88 Å². The van der Waals surface area contributed by atoms with Crippen molar-refractivity contribution in [3.63, 3.8) is 0 Å². The minimum atomic E-state index is -0.332. The van der Waals surface area contributed by atoms with E-state index in [-0.39, 0.29) is 12.0 Å². The lowest BCUT2D eigenvalue weighted by atomic mass is 10.0. The molecule has 0 saturated carbocycles. The van der Waals surface area contributed by atoms with Crippen LogP contribution in [0.2, 0.25) is 0 Å². The van der Waals surface area contributed by atoms with E-state index in [4.69, 9.17) is 14.2 Å². The van der Waals surface area contributed by atoms with Crippen LogP contribution in [-0.4, -0.2) is 48.8 Å². The third-order valence-electron chi connectivity index (χ3n) is 5.76. The lowest BCUT2D eigenvalue weighted by Crippen LogP contribution is -2.39. The van der Waals surface area contributed by atoms with Crippen LogP contribution in [0.1, 0.15) is 18.4 Å². The van der Waals surface area contributed by atoms with Crippen LogP contribution in [0, 0.1) is 0 Å². The molecule has 1 unspecified atom stereocenters. The molecule has 30 heavy (non-hydrogen) atoms. The Kier molecular flexibility index (Phi) is 5.01. The van der Waals surface area contributed by atoms with Crippen molar-refractivity contribution in [2.45, 2.75) is 25.5 Å². The van der Waals surface area contributed by atoms with Gasteiger partial charge in [-0.1, -0.05) is 18.2 Å². The number of hydrogen-bond donors (Lipinski definition) is 0. The number of amides is 1. The second kappa shape index (κ2) is 7.95. The molecule has 6 heteroatoms. The maximum atomic E-state index is 12.9. The van der Waals surface area contributed by atoms with Crippen molar-refractivity contribution in [3.8, 4) is 22.6 Å². The Hall–Kier alpha value is -3.12. The summed E-state index contributed by atoms with van der Waals surface area (Å²) in [4.78, 5) is 19.3.